The van der Waals surface area contributed by atoms with Crippen LogP contribution in [0.1, 0.15) is 125 Å². The minimum Gasteiger partial charge on any atom is -0.496 e. The van der Waals surface area contributed by atoms with Gasteiger partial charge in [-0.15, -0.1) is 0 Å². The topological polar surface area (TPSA) is 88.6 Å². The Morgan fingerprint density at radius 2 is 1.01 bits per heavy atom. The van der Waals surface area contributed by atoms with Crippen molar-refractivity contribution in [3.8, 4) is 17.2 Å². The number of nitrogens with zero attached hydrogens (tertiary/aromatic N) is 3. The van der Waals surface area contributed by atoms with Gasteiger partial charge in [0.2, 0.25) is 0 Å². The van der Waals surface area contributed by atoms with E-state index in [0.717, 1.165) is 180 Å². The quantitative estimate of drug-likeness (QED) is 0.0781. The molecule has 9 heteroatoms. The number of benzene rings is 6. The maximum absolute atomic E-state index is 14.1. The highest BCUT2D eigenvalue weighted by Gasteiger charge is 2.40. The fraction of sp³-hybridized carbons (Fsp3) is 0.500. The number of piperidine rings is 3. The molecule has 6 aromatic rings. The van der Waals surface area contributed by atoms with Crippen LogP contribution < -0.4 is 14.2 Å². The summed E-state index contributed by atoms with van der Waals surface area (Å²) >= 11 is 0. The zero-order valence-corrected chi connectivity index (χ0v) is 45.3. The number of carbonyl (C=O) groups is 3. The number of fused-ring (bicyclic) bond motifs is 3. The first kappa shape index (κ1) is 51.5. The number of hydrogen-bond donors (Lipinski definition) is 0. The van der Waals surface area contributed by atoms with Crippen molar-refractivity contribution in [2.45, 2.75) is 104 Å². The Labute approximate surface area is 445 Å². The van der Waals surface area contributed by atoms with E-state index in [4.69, 9.17) is 14.2 Å². The third-order valence-corrected chi connectivity index (χ3v) is 18.3. The lowest BCUT2D eigenvalue weighted by molar-refractivity contribution is 0.0756. The standard InChI is InChI=1S/C66H79N3O6/c1-42(40-74-62-26-20-47-33-51(18-24-59(47)44(62)3)66(72)54-13-10-30-69(39-54)57-14-6-7-15-57)35-67-28-8-11-52(36-67)64(70)50-17-23-60-45(4)63(27-21-48(60)32-50)75-41-56-34-55(56)38-68-29-9-12-53(37-68)65(71)49-16-22-58-43(2)61(73-5)25-19-46(58)31-49/h16-27,31-33,42,52-57H,6-15,28-30,34-41H2,1-5H3. The van der Waals surface area contributed by atoms with Crippen LogP contribution in [0.5, 0.6) is 17.2 Å². The lowest BCUT2D eigenvalue weighted by Crippen LogP contribution is -2.43. The minimum atomic E-state index is -0.0286. The third-order valence-electron chi connectivity index (χ3n) is 18.3. The van der Waals surface area contributed by atoms with Gasteiger partial charge >= 0.3 is 0 Å². The van der Waals surface area contributed by atoms with E-state index in [2.05, 4.69) is 109 Å². The van der Waals surface area contributed by atoms with Crippen molar-refractivity contribution in [1.29, 1.82) is 0 Å². The van der Waals surface area contributed by atoms with E-state index in [0.29, 0.717) is 36.9 Å². The van der Waals surface area contributed by atoms with E-state index >= 15 is 0 Å². The van der Waals surface area contributed by atoms with Gasteiger partial charge in [0, 0.05) is 79.1 Å². The van der Waals surface area contributed by atoms with Crippen LogP contribution in [0, 0.1) is 56.3 Å². The molecule has 394 valence electrons. The van der Waals surface area contributed by atoms with Crippen molar-refractivity contribution in [3.05, 3.63) is 124 Å². The molecule has 2 aliphatic carbocycles. The Hall–Kier alpha value is -5.61. The first-order chi connectivity index (χ1) is 36.5. The molecule has 0 aromatic heterocycles. The maximum atomic E-state index is 14.1. The molecule has 0 spiro atoms. The minimum absolute atomic E-state index is 0.0277. The summed E-state index contributed by atoms with van der Waals surface area (Å²) in [5.74, 6) is 4.96. The van der Waals surface area contributed by atoms with Crippen LogP contribution in [-0.2, 0) is 0 Å². The van der Waals surface area contributed by atoms with Crippen molar-refractivity contribution in [2.24, 2.45) is 35.5 Å². The van der Waals surface area contributed by atoms with E-state index in [9.17, 15) is 14.4 Å². The second-order valence-corrected chi connectivity index (χ2v) is 23.6. The van der Waals surface area contributed by atoms with Gasteiger partial charge in [0.1, 0.15) is 17.2 Å². The molecular weight excluding hydrogens is 931 g/mol. The summed E-state index contributed by atoms with van der Waals surface area (Å²) in [7, 11) is 1.70. The maximum Gasteiger partial charge on any atom is 0.167 e. The predicted octanol–water partition coefficient (Wildman–Crippen LogP) is 13.1. The zero-order chi connectivity index (χ0) is 51.7. The van der Waals surface area contributed by atoms with Gasteiger partial charge in [0.05, 0.1) is 20.3 Å². The zero-order valence-electron chi connectivity index (χ0n) is 45.3. The first-order valence-electron chi connectivity index (χ1n) is 28.7. The molecule has 3 heterocycles. The Balaban J connectivity index is 0.633. The lowest BCUT2D eigenvalue weighted by atomic mass is 9.88. The second-order valence-electron chi connectivity index (χ2n) is 23.6. The number of carbonyl (C=O) groups excluding carboxylic acids is 3. The number of rotatable bonds is 18. The molecular formula is C66H79N3O6. The Bertz CT molecular complexity index is 3090. The van der Waals surface area contributed by atoms with E-state index in [1.54, 1.807) is 7.11 Å². The van der Waals surface area contributed by atoms with Crippen molar-refractivity contribution in [3.63, 3.8) is 0 Å². The smallest absolute Gasteiger partial charge is 0.167 e. The molecule has 2 saturated carbocycles. The monoisotopic (exact) mass is 1010 g/mol. The van der Waals surface area contributed by atoms with E-state index < -0.39 is 0 Å². The summed E-state index contributed by atoms with van der Waals surface area (Å²) in [5.41, 5.74) is 5.76. The van der Waals surface area contributed by atoms with Crippen LogP contribution in [0.3, 0.4) is 0 Å². The van der Waals surface area contributed by atoms with E-state index in [1.165, 1.54) is 25.7 Å². The molecule has 0 N–H and O–H groups in total. The molecule has 0 bridgehead atoms. The van der Waals surface area contributed by atoms with Gasteiger partial charge in [0.15, 0.2) is 17.3 Å². The number of Topliss-reactive ketones (excluding diaryl/α,β-unsaturated/α-hetero) is 3. The second kappa shape index (κ2) is 22.5. The van der Waals surface area contributed by atoms with Gasteiger partial charge < -0.3 is 24.0 Å². The van der Waals surface area contributed by atoms with E-state index in [1.807, 2.05) is 24.3 Å². The van der Waals surface area contributed by atoms with Gasteiger partial charge in [-0.3, -0.25) is 19.3 Å². The lowest BCUT2D eigenvalue weighted by Gasteiger charge is -2.36. The number of ether oxygens (including phenoxy) is 3. The molecule has 9 nitrogen and oxygen atoms in total. The van der Waals surface area contributed by atoms with Crippen LogP contribution in [-0.4, -0.2) is 111 Å². The Kier molecular flexibility index (Phi) is 15.5. The molecule has 6 unspecified atom stereocenters. The third kappa shape index (κ3) is 11.3. The molecule has 6 aromatic carbocycles. The normalized spacial score (nSPS) is 23.4. The van der Waals surface area contributed by atoms with Crippen LogP contribution in [0.2, 0.25) is 0 Å². The molecule has 11 rings (SSSR count). The summed E-state index contributed by atoms with van der Waals surface area (Å²) in [6.07, 6.45) is 12.4. The molecule has 3 saturated heterocycles. The highest BCUT2D eigenvalue weighted by atomic mass is 16.5. The molecule has 5 fully saturated rings. The van der Waals surface area contributed by atoms with Crippen LogP contribution in [0.15, 0.2) is 91.0 Å². The van der Waals surface area contributed by atoms with Crippen molar-refractivity contribution in [2.75, 3.05) is 72.7 Å². The van der Waals surface area contributed by atoms with Gasteiger partial charge in [-0.1, -0.05) is 74.4 Å². The number of hydrogen-bond acceptors (Lipinski definition) is 9. The van der Waals surface area contributed by atoms with Gasteiger partial charge in [-0.25, -0.2) is 0 Å². The number of methoxy groups -OCH3 is 1. The Morgan fingerprint density at radius 1 is 0.533 bits per heavy atom. The van der Waals surface area contributed by atoms with E-state index in [-0.39, 0.29) is 35.2 Å². The van der Waals surface area contributed by atoms with Gasteiger partial charge in [-0.05, 0) is 195 Å². The summed E-state index contributed by atoms with van der Waals surface area (Å²) in [6.45, 7) is 17.4. The molecule has 6 atom stereocenters. The SMILES string of the molecule is COc1ccc2cc(C(=O)C3CCCN(CC4CC4COc4ccc5cc(C(=O)C6CCCN(CC(C)COc7ccc8cc(C(=O)C9CCCN(C%10CCCC%10)C9)ccc8c7C)C6)ccc5c4C)C3)ccc2c1C. The largest absolute Gasteiger partial charge is 0.496 e. The summed E-state index contributed by atoms with van der Waals surface area (Å²) in [4.78, 5) is 49.2. The molecule has 0 amide bonds. The van der Waals surface area contributed by atoms with Crippen LogP contribution >= 0.6 is 0 Å². The van der Waals surface area contributed by atoms with Gasteiger partial charge in [-0.2, -0.15) is 0 Å². The van der Waals surface area contributed by atoms with Crippen LogP contribution in [0.4, 0.5) is 0 Å². The number of aryl methyl sites for hydroxylation is 3. The molecule has 0 radical (unpaired) electrons. The van der Waals surface area contributed by atoms with Crippen molar-refractivity contribution >= 4 is 49.7 Å². The highest BCUT2D eigenvalue weighted by molar-refractivity contribution is 6.04. The average Bonchev–Trinajstić information content (AvgIpc) is 3.93. The summed E-state index contributed by atoms with van der Waals surface area (Å²) < 4.78 is 18.5. The fourth-order valence-corrected chi connectivity index (χ4v) is 13.8. The number of ketones is 3. The van der Waals surface area contributed by atoms with Crippen molar-refractivity contribution in [1.82, 2.24) is 14.7 Å². The van der Waals surface area contributed by atoms with Crippen molar-refractivity contribution < 1.29 is 28.6 Å². The average molecular weight is 1010 g/mol. The highest BCUT2D eigenvalue weighted by Crippen LogP contribution is 2.41. The van der Waals surface area contributed by atoms with Gasteiger partial charge in [0.25, 0.3) is 0 Å². The molecule has 3 aliphatic heterocycles. The first-order valence-corrected chi connectivity index (χ1v) is 28.7. The molecule has 5 aliphatic rings. The summed E-state index contributed by atoms with van der Waals surface area (Å²) in [6, 6.07) is 31.7. The van der Waals surface area contributed by atoms with Crippen LogP contribution in [0.25, 0.3) is 32.3 Å². The fourth-order valence-electron chi connectivity index (χ4n) is 13.8. The number of likely N-dealkylation sites (tertiary alicyclic amines) is 3. The summed E-state index contributed by atoms with van der Waals surface area (Å²) in [5, 5.41) is 6.64. The predicted molar refractivity (Wildman–Crippen MR) is 302 cm³/mol. The molecule has 75 heavy (non-hydrogen) atoms. The Morgan fingerprint density at radius 3 is 1.57 bits per heavy atom.